The van der Waals surface area contributed by atoms with Crippen molar-refractivity contribution in [2.45, 2.75) is 12.0 Å². The molecule has 0 aromatic heterocycles. The summed E-state index contributed by atoms with van der Waals surface area (Å²) in [5.74, 6) is -1.08. The maximum absolute atomic E-state index is 11.8. The lowest BCUT2D eigenvalue weighted by Crippen LogP contribution is -2.50. The minimum absolute atomic E-state index is 0.186. The van der Waals surface area contributed by atoms with Crippen LogP contribution in [0.2, 0.25) is 0 Å². The smallest absolute Gasteiger partial charge is 0.334 e. The summed E-state index contributed by atoms with van der Waals surface area (Å²) >= 11 is 0. The average Bonchev–Trinajstić information content (AvgIpc) is 2.48. The molecule has 0 saturated heterocycles. The van der Waals surface area contributed by atoms with Crippen LogP contribution < -0.4 is 5.32 Å². The third-order valence-electron chi connectivity index (χ3n) is 3.25. The van der Waals surface area contributed by atoms with Gasteiger partial charge in [0, 0.05) is 6.42 Å². The van der Waals surface area contributed by atoms with E-state index in [1.54, 1.807) is 30.3 Å². The Morgan fingerprint density at radius 2 is 1.60 bits per heavy atom. The van der Waals surface area contributed by atoms with Crippen molar-refractivity contribution in [1.29, 1.82) is 0 Å². The third-order valence-corrected chi connectivity index (χ3v) is 3.25. The van der Waals surface area contributed by atoms with E-state index >= 15 is 0 Å². The van der Waals surface area contributed by atoms with Crippen LogP contribution in [0.5, 0.6) is 0 Å². The maximum atomic E-state index is 11.8. The summed E-state index contributed by atoms with van der Waals surface area (Å²) in [5, 5.41) is 12.1. The van der Waals surface area contributed by atoms with Gasteiger partial charge in [-0.1, -0.05) is 60.7 Å². The Bertz CT molecular complexity index is 583. The first-order valence-electron chi connectivity index (χ1n) is 6.23. The molecule has 102 valence electrons. The van der Waals surface area contributed by atoms with Gasteiger partial charge in [-0.2, -0.15) is 0 Å². The summed E-state index contributed by atoms with van der Waals surface area (Å²) in [6.07, 6.45) is 0.621. The van der Waals surface area contributed by atoms with Crippen molar-refractivity contribution in [1.82, 2.24) is 5.32 Å². The van der Waals surface area contributed by atoms with E-state index in [0.29, 0.717) is 12.0 Å². The number of benzene rings is 2. The van der Waals surface area contributed by atoms with Gasteiger partial charge in [-0.25, -0.2) is 4.79 Å². The highest BCUT2D eigenvalue weighted by Crippen LogP contribution is 2.26. The lowest BCUT2D eigenvalue weighted by molar-refractivity contribution is -0.146. The van der Waals surface area contributed by atoms with Gasteiger partial charge >= 0.3 is 5.97 Å². The molecule has 1 atom stereocenters. The number of carbonyl (C=O) groups is 2. The van der Waals surface area contributed by atoms with E-state index in [2.05, 4.69) is 5.32 Å². The molecule has 2 N–H and O–H groups in total. The van der Waals surface area contributed by atoms with Crippen molar-refractivity contribution in [3.8, 4) is 0 Å². The van der Waals surface area contributed by atoms with Crippen molar-refractivity contribution in [3.63, 3.8) is 0 Å². The monoisotopic (exact) mass is 269 g/mol. The van der Waals surface area contributed by atoms with Crippen LogP contribution >= 0.6 is 0 Å². The fourth-order valence-electron chi connectivity index (χ4n) is 2.22. The van der Waals surface area contributed by atoms with Gasteiger partial charge in [0.15, 0.2) is 5.54 Å². The number of carbonyl (C=O) groups excluding carboxylic acids is 1. The molecule has 0 fully saturated rings. The number of amides is 1. The lowest BCUT2D eigenvalue weighted by Gasteiger charge is -2.29. The number of rotatable bonds is 6. The van der Waals surface area contributed by atoms with Crippen LogP contribution in [0.15, 0.2) is 60.7 Å². The molecule has 0 saturated carbocycles. The number of carboxylic acids is 1. The Hall–Kier alpha value is -2.62. The summed E-state index contributed by atoms with van der Waals surface area (Å²) in [4.78, 5) is 22.7. The van der Waals surface area contributed by atoms with Gasteiger partial charge in [-0.15, -0.1) is 0 Å². The van der Waals surface area contributed by atoms with Gasteiger partial charge in [0.1, 0.15) is 0 Å². The van der Waals surface area contributed by atoms with Gasteiger partial charge in [0.05, 0.1) is 0 Å². The SMILES string of the molecule is O=CNC(Cc1ccccc1)(C(=O)O)c1ccccc1. The predicted octanol–water partition coefficient (Wildman–Crippen LogP) is 1.96. The summed E-state index contributed by atoms with van der Waals surface area (Å²) < 4.78 is 0. The first-order valence-corrected chi connectivity index (χ1v) is 6.23. The topological polar surface area (TPSA) is 66.4 Å². The Balaban J connectivity index is 2.48. The van der Waals surface area contributed by atoms with Gasteiger partial charge < -0.3 is 10.4 Å². The lowest BCUT2D eigenvalue weighted by atomic mass is 9.84. The molecule has 0 heterocycles. The van der Waals surface area contributed by atoms with E-state index in [1.165, 1.54) is 0 Å². The molecule has 4 heteroatoms. The third kappa shape index (κ3) is 2.69. The zero-order valence-corrected chi connectivity index (χ0v) is 10.8. The van der Waals surface area contributed by atoms with Crippen molar-refractivity contribution >= 4 is 12.4 Å². The normalized spacial score (nSPS) is 13.2. The fraction of sp³-hybridized carbons (Fsp3) is 0.125. The fourth-order valence-corrected chi connectivity index (χ4v) is 2.22. The van der Waals surface area contributed by atoms with E-state index < -0.39 is 11.5 Å². The molecular formula is C16H15NO3. The van der Waals surface area contributed by atoms with Crippen molar-refractivity contribution < 1.29 is 14.7 Å². The minimum atomic E-state index is -1.45. The zero-order chi connectivity index (χ0) is 14.4. The van der Waals surface area contributed by atoms with Crippen LogP contribution in [0.4, 0.5) is 0 Å². The Labute approximate surface area is 117 Å². The second kappa shape index (κ2) is 6.02. The minimum Gasteiger partial charge on any atom is -0.479 e. The van der Waals surface area contributed by atoms with Crippen LogP contribution in [0.1, 0.15) is 11.1 Å². The van der Waals surface area contributed by atoms with Crippen LogP contribution in [-0.4, -0.2) is 17.5 Å². The van der Waals surface area contributed by atoms with Crippen LogP contribution in [0, 0.1) is 0 Å². The standard InChI is InChI=1S/C16H15NO3/c18-12-17-16(15(19)20,14-9-5-2-6-10-14)11-13-7-3-1-4-8-13/h1-10,12H,11H2,(H,17,18)(H,19,20). The molecular weight excluding hydrogens is 254 g/mol. The summed E-state index contributed by atoms with van der Waals surface area (Å²) in [7, 11) is 0. The van der Waals surface area contributed by atoms with E-state index in [9.17, 15) is 14.7 Å². The molecule has 0 aliphatic heterocycles. The van der Waals surface area contributed by atoms with Gasteiger partial charge in [0.2, 0.25) is 6.41 Å². The average molecular weight is 269 g/mol. The largest absolute Gasteiger partial charge is 0.479 e. The summed E-state index contributed by atoms with van der Waals surface area (Å²) in [6.45, 7) is 0. The maximum Gasteiger partial charge on any atom is 0.334 e. The Kier molecular flexibility index (Phi) is 4.15. The summed E-state index contributed by atoms with van der Waals surface area (Å²) in [6, 6.07) is 17.9. The first kappa shape index (κ1) is 13.8. The molecule has 0 radical (unpaired) electrons. The molecule has 0 aliphatic rings. The van der Waals surface area contributed by atoms with Gasteiger partial charge in [-0.05, 0) is 11.1 Å². The van der Waals surface area contributed by atoms with Crippen molar-refractivity contribution in [2.75, 3.05) is 0 Å². The van der Waals surface area contributed by atoms with Crippen LogP contribution in [0.25, 0.3) is 0 Å². The molecule has 1 unspecified atom stereocenters. The molecule has 4 nitrogen and oxygen atoms in total. The molecule has 20 heavy (non-hydrogen) atoms. The second-order valence-corrected chi connectivity index (χ2v) is 4.50. The van der Waals surface area contributed by atoms with Crippen molar-refractivity contribution in [3.05, 3.63) is 71.8 Å². The Morgan fingerprint density at radius 1 is 1.05 bits per heavy atom. The molecule has 2 aromatic carbocycles. The highest BCUT2D eigenvalue weighted by atomic mass is 16.4. The van der Waals surface area contributed by atoms with Gasteiger partial charge in [-0.3, -0.25) is 4.79 Å². The number of carboxylic acid groups (broad SMARTS) is 1. The predicted molar refractivity (Wildman–Crippen MR) is 75.1 cm³/mol. The van der Waals surface area contributed by atoms with E-state index in [4.69, 9.17) is 0 Å². The van der Waals surface area contributed by atoms with Crippen LogP contribution in [0.3, 0.4) is 0 Å². The van der Waals surface area contributed by atoms with E-state index in [-0.39, 0.29) is 6.42 Å². The highest BCUT2D eigenvalue weighted by Gasteiger charge is 2.40. The number of nitrogens with one attached hydrogen (secondary N) is 1. The summed E-state index contributed by atoms with van der Waals surface area (Å²) in [5.41, 5.74) is -0.0683. The molecule has 0 spiro atoms. The quantitative estimate of drug-likeness (QED) is 0.788. The molecule has 2 rings (SSSR count). The van der Waals surface area contributed by atoms with E-state index in [0.717, 1.165) is 5.56 Å². The number of hydrogen-bond donors (Lipinski definition) is 2. The molecule has 0 aliphatic carbocycles. The highest BCUT2D eigenvalue weighted by molar-refractivity contribution is 5.83. The first-order chi connectivity index (χ1) is 9.69. The molecule has 0 bridgehead atoms. The second-order valence-electron chi connectivity index (χ2n) is 4.50. The molecule has 2 aromatic rings. The van der Waals surface area contributed by atoms with E-state index in [1.807, 2.05) is 30.3 Å². The number of aliphatic carboxylic acids is 1. The van der Waals surface area contributed by atoms with Crippen molar-refractivity contribution in [2.24, 2.45) is 0 Å². The molecule has 1 amide bonds. The number of hydrogen-bond acceptors (Lipinski definition) is 2. The van der Waals surface area contributed by atoms with Gasteiger partial charge in [0.25, 0.3) is 0 Å². The van der Waals surface area contributed by atoms with Crippen LogP contribution in [-0.2, 0) is 21.5 Å². The Morgan fingerprint density at radius 3 is 2.10 bits per heavy atom. The zero-order valence-electron chi connectivity index (χ0n) is 10.8.